The second-order valence-corrected chi connectivity index (χ2v) is 22.6. The highest BCUT2D eigenvalue weighted by atomic mass is 32.2. The molecule has 12 rings (SSSR count). The maximum Gasteiger partial charge on any atom is 0.356 e. The molecule has 2 aromatic heterocycles. The second kappa shape index (κ2) is 24.3. The van der Waals surface area contributed by atoms with E-state index >= 15 is 9.59 Å². The minimum atomic E-state index is -1.38. The number of thioether (sulfide) groups is 1. The third kappa shape index (κ3) is 10.8. The zero-order chi connectivity index (χ0) is 56.6. The molecule has 2 aliphatic rings. The minimum absolute atomic E-state index is 0.0720. The molecule has 2 amide bonds. The smallest absolute Gasteiger partial charge is 0.356 e. The van der Waals surface area contributed by atoms with Gasteiger partial charge in [0.1, 0.15) is 34.0 Å². The zero-order valence-corrected chi connectivity index (χ0v) is 47.2. The number of benzene rings is 8. The number of carbonyl (C=O) groups is 3. The predicted molar refractivity (Wildman–Crippen MR) is 328 cm³/mol. The van der Waals surface area contributed by atoms with E-state index in [9.17, 15) is 4.79 Å². The van der Waals surface area contributed by atoms with Gasteiger partial charge in [-0.05, 0) is 57.9 Å². The van der Waals surface area contributed by atoms with Crippen LogP contribution >= 0.6 is 34.6 Å². The fourth-order valence-corrected chi connectivity index (χ4v) is 13.2. The number of aryl methyl sites for hydroxylation is 1. The number of nitrogens with one attached hydrogen (secondary N) is 2. The van der Waals surface area contributed by atoms with Crippen LogP contribution in [0, 0.1) is 6.92 Å². The number of fused-ring (bicyclic) bond motifs is 1. The number of nitrogens with zero attached hydrogens (tertiary/aromatic N) is 5. The average molecular weight is 1140 g/mol. The van der Waals surface area contributed by atoms with Gasteiger partial charge in [0.25, 0.3) is 11.8 Å². The number of hydrogen-bond donors (Lipinski definition) is 2. The van der Waals surface area contributed by atoms with E-state index in [0.717, 1.165) is 49.4 Å². The molecule has 1 unspecified atom stereocenters. The van der Waals surface area contributed by atoms with Crippen molar-refractivity contribution in [3.05, 3.63) is 326 Å². The summed E-state index contributed by atoms with van der Waals surface area (Å²) in [6.07, 6.45) is 2.79. The Morgan fingerprint density at radius 1 is 0.639 bits per heavy atom. The summed E-state index contributed by atoms with van der Waals surface area (Å²) in [6, 6.07) is 77.6. The second-order valence-electron chi connectivity index (χ2n) is 19.7. The minimum Gasteiger partial charge on any atom is -0.448 e. The number of aromatic nitrogens is 3. The lowest BCUT2D eigenvalue weighted by atomic mass is 9.77. The SMILES string of the molecule is Cc1snnc1/C=C\C1=C(C(=O)OC(c2ccccc2)c2ccccc2)N2C(=O)C(NC(=O)/C(=N\OC(c3ccccc3)(c3ccccc3)c3ccccc3)c3csc(NC(c4ccccc4)(c4ccccc4)c4ccccc4)n3)[C@H]2SC1. The number of hydrogen-bond acceptors (Lipinski definition) is 13. The fraction of sp³-hybridized carbons (Fsp3) is 0.103. The lowest BCUT2D eigenvalue weighted by molar-refractivity contribution is -0.154. The van der Waals surface area contributed by atoms with Crippen molar-refractivity contribution in [3.63, 3.8) is 0 Å². The normalized spacial score (nSPS) is 15.4. The quantitative estimate of drug-likeness (QED) is 0.0264. The van der Waals surface area contributed by atoms with Crippen LogP contribution in [0.15, 0.2) is 271 Å². The van der Waals surface area contributed by atoms with Crippen LogP contribution in [0.3, 0.4) is 0 Å². The summed E-state index contributed by atoms with van der Waals surface area (Å²) < 4.78 is 10.6. The third-order valence-electron chi connectivity index (χ3n) is 14.7. The van der Waals surface area contributed by atoms with E-state index in [1.54, 1.807) is 17.5 Å². The highest BCUT2D eigenvalue weighted by molar-refractivity contribution is 8.00. The van der Waals surface area contributed by atoms with E-state index < -0.39 is 46.4 Å². The highest BCUT2D eigenvalue weighted by Gasteiger charge is 2.55. The van der Waals surface area contributed by atoms with Gasteiger partial charge in [0.05, 0.1) is 0 Å². The average Bonchev–Trinajstić information content (AvgIpc) is 2.73. The number of anilines is 1. The van der Waals surface area contributed by atoms with Crippen molar-refractivity contribution in [2.24, 2.45) is 5.16 Å². The van der Waals surface area contributed by atoms with Gasteiger partial charge >= 0.3 is 5.97 Å². The number of allylic oxidation sites excluding steroid dienone is 1. The first-order valence-electron chi connectivity index (χ1n) is 26.9. The molecular weight excluding hydrogens is 1090 g/mol. The lowest BCUT2D eigenvalue weighted by Crippen LogP contribution is -2.71. The number of carbonyl (C=O) groups excluding carboxylic acids is 3. The molecule has 12 nitrogen and oxygen atoms in total. The Bertz CT molecular complexity index is 3730. The van der Waals surface area contributed by atoms with Crippen molar-refractivity contribution in [2.75, 3.05) is 11.1 Å². The maximum absolute atomic E-state index is 15.6. The Morgan fingerprint density at radius 3 is 1.55 bits per heavy atom. The maximum atomic E-state index is 15.6. The van der Waals surface area contributed by atoms with Crippen LogP contribution in [0.5, 0.6) is 0 Å². The van der Waals surface area contributed by atoms with E-state index in [4.69, 9.17) is 19.7 Å². The summed E-state index contributed by atoms with van der Waals surface area (Å²) in [5.74, 6) is -1.64. The van der Waals surface area contributed by atoms with Crippen molar-refractivity contribution in [2.45, 2.75) is 35.6 Å². The predicted octanol–water partition coefficient (Wildman–Crippen LogP) is 13.1. The molecule has 83 heavy (non-hydrogen) atoms. The molecule has 1 saturated heterocycles. The molecule has 0 saturated carbocycles. The van der Waals surface area contributed by atoms with Gasteiger partial charge in [-0.3, -0.25) is 14.5 Å². The van der Waals surface area contributed by atoms with E-state index in [0.29, 0.717) is 22.2 Å². The van der Waals surface area contributed by atoms with Gasteiger partial charge in [0.2, 0.25) is 5.60 Å². The molecule has 0 radical (unpaired) electrons. The van der Waals surface area contributed by atoms with Gasteiger partial charge in [0, 0.05) is 32.7 Å². The molecule has 0 aliphatic carbocycles. The van der Waals surface area contributed by atoms with Gasteiger partial charge in [-0.1, -0.05) is 258 Å². The molecule has 2 aliphatic heterocycles. The van der Waals surface area contributed by atoms with Gasteiger partial charge < -0.3 is 20.2 Å². The van der Waals surface area contributed by atoms with E-state index in [2.05, 4.69) is 56.6 Å². The van der Waals surface area contributed by atoms with Crippen LogP contribution in [0.1, 0.15) is 66.9 Å². The zero-order valence-electron chi connectivity index (χ0n) is 44.8. The van der Waals surface area contributed by atoms with E-state index in [1.165, 1.54) is 39.5 Å². The van der Waals surface area contributed by atoms with Crippen molar-refractivity contribution < 1.29 is 24.0 Å². The first kappa shape index (κ1) is 54.1. The van der Waals surface area contributed by atoms with Crippen LogP contribution in [0.2, 0.25) is 0 Å². The summed E-state index contributed by atoms with van der Waals surface area (Å²) in [5.41, 5.74) is 5.60. The first-order valence-corrected chi connectivity index (χ1v) is 29.6. The van der Waals surface area contributed by atoms with Gasteiger partial charge in [-0.15, -0.1) is 28.2 Å². The van der Waals surface area contributed by atoms with E-state index in [1.807, 2.05) is 213 Å². The topological polar surface area (TPSA) is 148 Å². The summed E-state index contributed by atoms with van der Waals surface area (Å²) >= 11 is 3.99. The molecule has 15 heteroatoms. The highest BCUT2D eigenvalue weighted by Crippen LogP contribution is 2.45. The lowest BCUT2D eigenvalue weighted by Gasteiger charge is -2.49. The number of ether oxygens (including phenoxy) is 1. The summed E-state index contributed by atoms with van der Waals surface area (Å²) in [7, 11) is 0. The number of amides is 2. The molecule has 0 bridgehead atoms. The molecule has 2 N–H and O–H groups in total. The van der Waals surface area contributed by atoms with Crippen molar-refractivity contribution in [1.82, 2.24) is 24.8 Å². The monoisotopic (exact) mass is 1140 g/mol. The summed E-state index contributed by atoms with van der Waals surface area (Å²) in [6.45, 7) is 1.92. The summed E-state index contributed by atoms with van der Waals surface area (Å²) in [5, 5.41) is 17.6. The van der Waals surface area contributed by atoms with Crippen LogP contribution in [-0.4, -0.2) is 60.1 Å². The van der Waals surface area contributed by atoms with Crippen LogP contribution in [0.25, 0.3) is 6.08 Å². The molecular formula is C68H53N7O5S3. The Kier molecular flexibility index (Phi) is 15.8. The summed E-state index contributed by atoms with van der Waals surface area (Å²) in [4.78, 5) is 60.1. The first-order chi connectivity index (χ1) is 40.8. The fourth-order valence-electron chi connectivity index (χ4n) is 10.7. The largest absolute Gasteiger partial charge is 0.448 e. The standard InChI is InChI=1S/C68H53N7O5S3/c1-46-56(72-74-83-46)43-42-49-44-81-64-59(63(77)75(64)60(49)65(78)79-61(47-26-10-2-11-27-47)48-28-12-3-13-29-48)70-62(76)58(73-80-68(53-36-20-7-21-37-53,54-38-22-8-23-39-54)55-40-24-9-25-41-55)57-45-82-66(69-57)71-67(50-30-14-4-15-31-50,51-32-16-5-17-33-51)52-34-18-6-19-35-52/h2-43,45,59,61,64H,44H2,1H3,(H,69,71)(H,70,76)/b43-42-,73-58-/t59?,64-/m1/s1. The van der Waals surface area contributed by atoms with E-state index in [-0.39, 0.29) is 17.1 Å². The molecule has 0 spiro atoms. The van der Waals surface area contributed by atoms with Gasteiger partial charge in [-0.25, -0.2) is 9.78 Å². The van der Waals surface area contributed by atoms with Crippen LogP contribution in [0.4, 0.5) is 5.13 Å². The molecule has 408 valence electrons. The molecule has 4 heterocycles. The Hall–Kier alpha value is -9.54. The van der Waals surface area contributed by atoms with Crippen LogP contribution < -0.4 is 10.6 Å². The number of rotatable bonds is 19. The van der Waals surface area contributed by atoms with Crippen molar-refractivity contribution in [3.8, 4) is 0 Å². The van der Waals surface area contributed by atoms with Crippen LogP contribution in [-0.2, 0) is 35.1 Å². The molecule has 8 aromatic carbocycles. The Labute approximate surface area is 493 Å². The number of β-lactam (4-membered cyclic amide) rings is 1. The van der Waals surface area contributed by atoms with Gasteiger partial charge in [-0.2, -0.15) is 0 Å². The van der Waals surface area contributed by atoms with Crippen molar-refractivity contribution in [1.29, 1.82) is 0 Å². The molecule has 2 atom stereocenters. The number of oxime groups is 1. The van der Waals surface area contributed by atoms with Gasteiger partial charge in [0.15, 0.2) is 16.9 Å². The van der Waals surface area contributed by atoms with Crippen molar-refractivity contribution >= 4 is 69.3 Å². The number of thiazole rings is 1. The third-order valence-corrected chi connectivity index (χ3v) is 17.4. The molecule has 1 fully saturated rings. The number of esters is 1. The Balaban J connectivity index is 0.941. The molecule has 10 aromatic rings. The Morgan fingerprint density at radius 2 is 1.10 bits per heavy atom.